The zero-order valence-corrected chi connectivity index (χ0v) is 13.1. The fraction of sp³-hybridized carbons (Fsp3) is 0.286. The molecule has 0 aliphatic carbocycles. The second kappa shape index (κ2) is 5.62. The van der Waals surface area contributed by atoms with Crippen molar-refractivity contribution in [3.63, 3.8) is 0 Å². The highest BCUT2D eigenvalue weighted by atomic mass is 79.9. The van der Waals surface area contributed by atoms with Gasteiger partial charge in [-0.15, -0.1) is 0 Å². The van der Waals surface area contributed by atoms with Crippen LogP contribution in [-0.4, -0.2) is 38.1 Å². The Morgan fingerprint density at radius 2 is 2.18 bits per heavy atom. The first-order valence-corrected chi connectivity index (χ1v) is 7.64. The summed E-state index contributed by atoms with van der Waals surface area (Å²) in [5, 5.41) is 3.97. The normalized spacial score (nSPS) is 15.9. The van der Waals surface area contributed by atoms with Gasteiger partial charge in [0.25, 0.3) is 0 Å². The molecule has 1 saturated heterocycles. The highest BCUT2D eigenvalue weighted by Crippen LogP contribution is 2.29. The van der Waals surface area contributed by atoms with E-state index in [1.165, 1.54) is 0 Å². The molecule has 3 aromatic rings. The van der Waals surface area contributed by atoms with E-state index in [2.05, 4.69) is 40.9 Å². The van der Waals surface area contributed by atoms with Crippen LogP contribution in [-0.2, 0) is 6.54 Å². The third kappa shape index (κ3) is 2.67. The highest BCUT2D eigenvalue weighted by molar-refractivity contribution is 9.10. The van der Waals surface area contributed by atoms with Crippen LogP contribution in [0, 0.1) is 0 Å². The van der Waals surface area contributed by atoms with Gasteiger partial charge in [0.15, 0.2) is 4.67 Å². The van der Waals surface area contributed by atoms with Crippen LogP contribution in [0.25, 0.3) is 11.5 Å². The fourth-order valence-electron chi connectivity index (χ4n) is 2.43. The minimum Gasteiger partial charge on any atom is -0.453 e. The van der Waals surface area contributed by atoms with E-state index in [0.29, 0.717) is 17.4 Å². The summed E-state index contributed by atoms with van der Waals surface area (Å²) < 4.78 is 11.6. The molecule has 1 aliphatic rings. The molecular weight excluding hydrogens is 350 g/mol. The highest BCUT2D eigenvalue weighted by Gasteiger charge is 2.33. The molecule has 0 radical (unpaired) electrons. The van der Waals surface area contributed by atoms with Crippen molar-refractivity contribution in [2.75, 3.05) is 13.1 Å². The molecule has 4 heterocycles. The molecule has 0 unspecified atom stereocenters. The van der Waals surface area contributed by atoms with E-state index in [1.54, 1.807) is 18.6 Å². The van der Waals surface area contributed by atoms with Gasteiger partial charge in [0.1, 0.15) is 11.5 Å². The van der Waals surface area contributed by atoms with E-state index in [0.717, 1.165) is 30.1 Å². The number of halogens is 1. The van der Waals surface area contributed by atoms with Crippen LogP contribution in [0.1, 0.15) is 17.6 Å². The zero-order chi connectivity index (χ0) is 14.9. The first-order chi connectivity index (χ1) is 10.8. The molecule has 112 valence electrons. The van der Waals surface area contributed by atoms with Gasteiger partial charge < -0.3 is 8.94 Å². The van der Waals surface area contributed by atoms with Crippen LogP contribution in [0.3, 0.4) is 0 Å². The van der Waals surface area contributed by atoms with Crippen LogP contribution < -0.4 is 0 Å². The third-order valence-corrected chi connectivity index (χ3v) is 3.97. The number of aromatic nitrogens is 4. The summed E-state index contributed by atoms with van der Waals surface area (Å²) in [4.78, 5) is 14.8. The molecule has 0 saturated carbocycles. The Bertz CT molecular complexity index is 766. The molecular formula is C14H12BrN5O2. The van der Waals surface area contributed by atoms with Crippen molar-refractivity contribution in [2.24, 2.45) is 0 Å². The van der Waals surface area contributed by atoms with Crippen LogP contribution in [0.5, 0.6) is 0 Å². The topological polar surface area (TPSA) is 81.1 Å². The average molecular weight is 362 g/mol. The van der Waals surface area contributed by atoms with Crippen LogP contribution >= 0.6 is 15.9 Å². The number of likely N-dealkylation sites (tertiary alicyclic amines) is 1. The van der Waals surface area contributed by atoms with Crippen LogP contribution in [0.4, 0.5) is 0 Å². The SMILES string of the molecule is Brc1ccc(CN2CC(c3nc(-c4cnccn4)no3)C2)o1. The fourth-order valence-corrected chi connectivity index (χ4v) is 2.77. The number of furan rings is 1. The first kappa shape index (κ1) is 13.6. The summed E-state index contributed by atoms with van der Waals surface area (Å²) >= 11 is 3.31. The Morgan fingerprint density at radius 3 is 2.91 bits per heavy atom. The minimum atomic E-state index is 0.260. The number of hydrogen-bond donors (Lipinski definition) is 0. The third-order valence-electron chi connectivity index (χ3n) is 3.55. The quantitative estimate of drug-likeness (QED) is 0.705. The molecule has 0 bridgehead atoms. The van der Waals surface area contributed by atoms with E-state index in [4.69, 9.17) is 8.94 Å². The lowest BCUT2D eigenvalue weighted by Gasteiger charge is -2.36. The Morgan fingerprint density at radius 1 is 1.27 bits per heavy atom. The molecule has 0 atom stereocenters. The van der Waals surface area contributed by atoms with Gasteiger partial charge in [-0.25, -0.2) is 4.98 Å². The molecule has 1 fully saturated rings. The van der Waals surface area contributed by atoms with Crippen LogP contribution in [0.2, 0.25) is 0 Å². The molecule has 8 heteroatoms. The van der Waals surface area contributed by atoms with E-state index in [-0.39, 0.29) is 5.92 Å². The number of nitrogens with zero attached hydrogens (tertiary/aromatic N) is 5. The molecule has 0 amide bonds. The summed E-state index contributed by atoms with van der Waals surface area (Å²) in [6.07, 6.45) is 4.84. The van der Waals surface area contributed by atoms with Gasteiger partial charge in [-0.05, 0) is 28.1 Å². The first-order valence-electron chi connectivity index (χ1n) is 6.84. The lowest BCUT2D eigenvalue weighted by Crippen LogP contribution is -2.44. The Kier molecular flexibility index (Phi) is 3.47. The lowest BCUT2D eigenvalue weighted by atomic mass is 10.00. The van der Waals surface area contributed by atoms with Crippen LogP contribution in [0.15, 0.2) is 44.3 Å². The minimum absolute atomic E-state index is 0.260. The average Bonchev–Trinajstić information content (AvgIpc) is 3.12. The summed E-state index contributed by atoms with van der Waals surface area (Å²) in [7, 11) is 0. The van der Waals surface area contributed by atoms with Gasteiger partial charge in [-0.3, -0.25) is 9.88 Å². The molecule has 0 N–H and O–H groups in total. The molecule has 3 aromatic heterocycles. The summed E-state index contributed by atoms with van der Waals surface area (Å²) in [6, 6.07) is 3.87. The van der Waals surface area contributed by atoms with E-state index < -0.39 is 0 Å². The largest absolute Gasteiger partial charge is 0.453 e. The molecule has 0 aromatic carbocycles. The van der Waals surface area contributed by atoms with E-state index in [1.807, 2.05) is 12.1 Å². The smallest absolute Gasteiger partial charge is 0.232 e. The van der Waals surface area contributed by atoms with Gasteiger partial charge in [0.2, 0.25) is 11.7 Å². The second-order valence-electron chi connectivity index (χ2n) is 5.14. The number of hydrogen-bond acceptors (Lipinski definition) is 7. The van der Waals surface area contributed by atoms with Crippen molar-refractivity contribution in [1.29, 1.82) is 0 Å². The van der Waals surface area contributed by atoms with E-state index >= 15 is 0 Å². The lowest BCUT2D eigenvalue weighted by molar-refractivity contribution is 0.108. The maximum Gasteiger partial charge on any atom is 0.232 e. The van der Waals surface area contributed by atoms with Gasteiger partial charge in [0, 0.05) is 25.5 Å². The predicted octanol–water partition coefficient (Wildman–Crippen LogP) is 2.48. The predicted molar refractivity (Wildman–Crippen MR) is 79.8 cm³/mol. The van der Waals surface area contributed by atoms with Gasteiger partial charge in [-0.1, -0.05) is 5.16 Å². The van der Waals surface area contributed by atoms with E-state index in [9.17, 15) is 0 Å². The summed E-state index contributed by atoms with van der Waals surface area (Å²) in [6.45, 7) is 2.54. The molecule has 0 spiro atoms. The monoisotopic (exact) mass is 361 g/mol. The van der Waals surface area contributed by atoms with Gasteiger partial charge in [0.05, 0.1) is 18.7 Å². The molecule has 22 heavy (non-hydrogen) atoms. The van der Waals surface area contributed by atoms with Crippen molar-refractivity contribution < 1.29 is 8.94 Å². The Balaban J connectivity index is 1.38. The van der Waals surface area contributed by atoms with Gasteiger partial charge >= 0.3 is 0 Å². The molecule has 1 aliphatic heterocycles. The molecule has 7 nitrogen and oxygen atoms in total. The summed E-state index contributed by atoms with van der Waals surface area (Å²) in [5.74, 6) is 2.33. The van der Waals surface area contributed by atoms with Crippen molar-refractivity contribution in [3.8, 4) is 11.5 Å². The zero-order valence-electron chi connectivity index (χ0n) is 11.5. The summed E-state index contributed by atoms with van der Waals surface area (Å²) in [5.41, 5.74) is 0.620. The standard InChI is InChI=1S/C14H12BrN5O2/c15-12-2-1-10(21-12)8-20-6-9(7-20)14-18-13(19-22-14)11-5-16-3-4-17-11/h1-5,9H,6-8H2. The van der Waals surface area contributed by atoms with Crippen molar-refractivity contribution in [2.45, 2.75) is 12.5 Å². The Labute approximate surface area is 134 Å². The van der Waals surface area contributed by atoms with Crippen molar-refractivity contribution in [1.82, 2.24) is 25.0 Å². The maximum atomic E-state index is 5.50. The number of rotatable bonds is 4. The van der Waals surface area contributed by atoms with Gasteiger partial charge in [-0.2, -0.15) is 4.98 Å². The maximum absolute atomic E-state index is 5.50. The van der Waals surface area contributed by atoms with Crippen molar-refractivity contribution >= 4 is 15.9 Å². The second-order valence-corrected chi connectivity index (χ2v) is 5.93. The van der Waals surface area contributed by atoms with Crippen molar-refractivity contribution in [3.05, 3.63) is 47.0 Å². The molecule has 4 rings (SSSR count). The Hall–Kier alpha value is -2.06.